The standard InChI is InChI=1S/C40H49FN4O6S/c1-25(2)45-34-14-10-9-13-33(34)42-39(45)51-31-21-35-36(46)23-40(38(48)43-52(49,50)32-15-16-32)22-29(40)12-8-6-4-5-7-11-28(37(47)44(35)24-31)19-27-17-26(3)18-30(41)20-27/h8-10,12-14,17-18,20,25,28-29,31-32,35H,4-7,11,15-16,19,21-24H2,1-3H3,(H,43,48)/b12-8-/t28-,29-,31-,35+,40-/m1/s1. The van der Waals surface area contributed by atoms with Crippen molar-refractivity contribution in [3.8, 4) is 6.01 Å². The van der Waals surface area contributed by atoms with Crippen LogP contribution in [0.2, 0.25) is 0 Å². The second-order valence-electron chi connectivity index (χ2n) is 15.7. The summed E-state index contributed by atoms with van der Waals surface area (Å²) in [6.45, 7) is 6.06. The van der Waals surface area contributed by atoms with Gasteiger partial charge in [0.15, 0.2) is 5.78 Å². The minimum absolute atomic E-state index is 0.0294. The molecule has 10 nitrogen and oxygen atoms in total. The largest absolute Gasteiger partial charge is 0.459 e. The lowest BCUT2D eigenvalue weighted by atomic mass is 9.89. The van der Waals surface area contributed by atoms with Crippen molar-refractivity contribution >= 4 is 38.7 Å². The van der Waals surface area contributed by atoms with Crippen LogP contribution in [0.25, 0.3) is 11.0 Å². The van der Waals surface area contributed by atoms with E-state index < -0.39 is 44.7 Å². The summed E-state index contributed by atoms with van der Waals surface area (Å²) in [4.78, 5) is 49.4. The fourth-order valence-corrected chi connectivity index (χ4v) is 9.67. The number of rotatable bonds is 8. The van der Waals surface area contributed by atoms with Crippen molar-refractivity contribution in [3.05, 3.63) is 71.6 Å². The van der Waals surface area contributed by atoms with Crippen LogP contribution in [0, 0.1) is 30.0 Å². The molecule has 2 aliphatic carbocycles. The van der Waals surface area contributed by atoms with Crippen LogP contribution in [-0.2, 0) is 30.8 Å². The maximum Gasteiger partial charge on any atom is 0.297 e. The Morgan fingerprint density at radius 1 is 1.10 bits per heavy atom. The maximum absolute atomic E-state index is 14.7. The minimum Gasteiger partial charge on any atom is -0.459 e. The lowest BCUT2D eigenvalue weighted by Crippen LogP contribution is -2.46. The summed E-state index contributed by atoms with van der Waals surface area (Å²) in [5.41, 5.74) is 1.99. The Morgan fingerprint density at radius 2 is 1.88 bits per heavy atom. The third-order valence-electron chi connectivity index (χ3n) is 11.3. The fraction of sp³-hybridized carbons (Fsp3) is 0.550. The van der Waals surface area contributed by atoms with E-state index in [2.05, 4.69) is 4.72 Å². The molecule has 3 heterocycles. The Bertz CT molecular complexity index is 1980. The lowest BCUT2D eigenvalue weighted by molar-refractivity contribution is -0.142. The molecule has 12 heteroatoms. The molecule has 1 N–H and O–H groups in total. The number of halogens is 1. The number of hydrogen-bond acceptors (Lipinski definition) is 7. The predicted molar refractivity (Wildman–Crippen MR) is 195 cm³/mol. The van der Waals surface area contributed by atoms with Crippen LogP contribution in [0.5, 0.6) is 6.01 Å². The van der Waals surface area contributed by atoms with Crippen LogP contribution in [0.15, 0.2) is 54.6 Å². The first-order valence-electron chi connectivity index (χ1n) is 18.8. The number of Topliss-reactive ketones (excluding diaryl/α,β-unsaturated/α-hetero) is 1. The van der Waals surface area contributed by atoms with E-state index in [1.807, 2.05) is 67.8 Å². The number of carbonyl (C=O) groups is 3. The smallest absolute Gasteiger partial charge is 0.297 e. The van der Waals surface area contributed by atoms with Gasteiger partial charge in [0.2, 0.25) is 21.8 Å². The average Bonchev–Trinajstić information content (AvgIpc) is 3.98. The van der Waals surface area contributed by atoms with Gasteiger partial charge in [-0.2, -0.15) is 4.98 Å². The number of hydrogen-bond donors (Lipinski definition) is 1. The van der Waals surface area contributed by atoms with Crippen molar-refractivity contribution in [2.24, 2.45) is 17.3 Å². The summed E-state index contributed by atoms with van der Waals surface area (Å²) < 4.78 is 51.1. The molecule has 0 spiro atoms. The predicted octanol–water partition coefficient (Wildman–Crippen LogP) is 6.37. The number of carbonyl (C=O) groups excluding carboxylic acids is 3. The molecule has 52 heavy (non-hydrogen) atoms. The highest BCUT2D eigenvalue weighted by Gasteiger charge is 2.61. The first kappa shape index (κ1) is 36.3. The summed E-state index contributed by atoms with van der Waals surface area (Å²) in [5, 5.41) is -0.576. The fourth-order valence-electron chi connectivity index (χ4n) is 8.29. The molecule has 7 rings (SSSR count). The number of aryl methyl sites for hydroxylation is 1. The topological polar surface area (TPSA) is 128 Å². The molecular weight excluding hydrogens is 684 g/mol. The van der Waals surface area contributed by atoms with Gasteiger partial charge in [0, 0.05) is 24.8 Å². The Labute approximate surface area is 305 Å². The summed E-state index contributed by atoms with van der Waals surface area (Å²) in [7, 11) is -3.82. The van der Waals surface area contributed by atoms with Crippen molar-refractivity contribution in [1.82, 2.24) is 19.2 Å². The van der Waals surface area contributed by atoms with Crippen molar-refractivity contribution in [2.75, 3.05) is 6.54 Å². The number of para-hydroxylation sites is 2. The molecule has 4 aliphatic rings. The monoisotopic (exact) mass is 732 g/mol. The summed E-state index contributed by atoms with van der Waals surface area (Å²) in [5.74, 6) is -2.25. The zero-order valence-corrected chi connectivity index (χ0v) is 31.0. The van der Waals surface area contributed by atoms with Gasteiger partial charge in [0.25, 0.3) is 6.01 Å². The van der Waals surface area contributed by atoms with E-state index in [4.69, 9.17) is 9.72 Å². The number of fused-ring (bicyclic) bond motifs is 3. The zero-order valence-electron chi connectivity index (χ0n) is 30.2. The van der Waals surface area contributed by atoms with Gasteiger partial charge in [-0.3, -0.25) is 23.7 Å². The third kappa shape index (κ3) is 7.54. The highest BCUT2D eigenvalue weighted by atomic mass is 32.2. The van der Waals surface area contributed by atoms with Crippen LogP contribution in [0.4, 0.5) is 4.39 Å². The average molecular weight is 733 g/mol. The SMILES string of the molecule is Cc1cc(F)cc(C[C@H]2CCCCC/C=C\[C@@H]3C[C@@]3(C(=O)NS(=O)(=O)C3CC3)CC(=O)[C@@H]3C[C@@H](Oc4nc5ccccc5n4C(C)C)CN3C2=O)c1. The van der Waals surface area contributed by atoms with E-state index in [0.717, 1.165) is 47.8 Å². The highest BCUT2D eigenvalue weighted by molar-refractivity contribution is 7.90. The Hall–Kier alpha value is -4.06. The first-order chi connectivity index (χ1) is 24.8. The van der Waals surface area contributed by atoms with E-state index in [0.29, 0.717) is 38.1 Å². The van der Waals surface area contributed by atoms with Crippen molar-refractivity contribution < 1.29 is 31.9 Å². The molecule has 2 amide bonds. The van der Waals surface area contributed by atoms with Crippen LogP contribution in [-0.4, -0.2) is 64.4 Å². The highest BCUT2D eigenvalue weighted by Crippen LogP contribution is 2.57. The summed E-state index contributed by atoms with van der Waals surface area (Å²) in [6, 6.07) is 12.1. The van der Waals surface area contributed by atoms with E-state index in [9.17, 15) is 27.2 Å². The number of imidazole rings is 1. The Kier molecular flexibility index (Phi) is 10.1. The van der Waals surface area contributed by atoms with Gasteiger partial charge in [0.1, 0.15) is 11.9 Å². The van der Waals surface area contributed by atoms with Gasteiger partial charge in [-0.15, -0.1) is 0 Å². The van der Waals surface area contributed by atoms with Gasteiger partial charge in [-0.25, -0.2) is 12.8 Å². The van der Waals surface area contributed by atoms with Gasteiger partial charge in [-0.1, -0.05) is 43.2 Å². The number of aromatic nitrogens is 2. The minimum atomic E-state index is -3.82. The zero-order chi connectivity index (χ0) is 36.8. The van der Waals surface area contributed by atoms with Crippen LogP contribution in [0.3, 0.4) is 0 Å². The number of sulfonamides is 1. The van der Waals surface area contributed by atoms with Crippen LogP contribution in [0.1, 0.15) is 95.2 Å². The number of ketones is 1. The number of allylic oxidation sites excluding steroid dienone is 2. The number of benzene rings is 2. The van der Waals surface area contributed by atoms with Crippen molar-refractivity contribution in [3.63, 3.8) is 0 Å². The molecule has 3 fully saturated rings. The molecule has 0 unspecified atom stereocenters. The molecule has 0 radical (unpaired) electrons. The van der Waals surface area contributed by atoms with E-state index in [1.54, 1.807) is 4.90 Å². The molecule has 5 atom stereocenters. The van der Waals surface area contributed by atoms with Crippen LogP contribution < -0.4 is 9.46 Å². The van der Waals surface area contributed by atoms with Gasteiger partial charge in [-0.05, 0) is 107 Å². The van der Waals surface area contributed by atoms with E-state index >= 15 is 0 Å². The third-order valence-corrected chi connectivity index (χ3v) is 13.1. The number of nitrogens with zero attached hydrogens (tertiary/aromatic N) is 3. The second-order valence-corrected chi connectivity index (χ2v) is 17.7. The van der Waals surface area contributed by atoms with Gasteiger partial charge in [0.05, 0.1) is 34.3 Å². The second kappa shape index (κ2) is 14.4. The van der Waals surface area contributed by atoms with Gasteiger partial charge >= 0.3 is 0 Å². The molecule has 1 aromatic heterocycles. The van der Waals surface area contributed by atoms with Crippen LogP contribution >= 0.6 is 0 Å². The molecule has 278 valence electrons. The van der Waals surface area contributed by atoms with E-state index in [-0.39, 0.29) is 48.9 Å². The molecule has 2 saturated carbocycles. The molecule has 2 aromatic carbocycles. The number of amides is 2. The Balaban J connectivity index is 1.21. The maximum atomic E-state index is 14.7. The lowest BCUT2D eigenvalue weighted by Gasteiger charge is -2.29. The quantitative estimate of drug-likeness (QED) is 0.267. The normalized spacial score (nSPS) is 27.8. The van der Waals surface area contributed by atoms with E-state index in [1.165, 1.54) is 12.1 Å². The molecule has 2 aliphatic heterocycles. The Morgan fingerprint density at radius 3 is 2.63 bits per heavy atom. The molecular formula is C40H49FN4O6S. The summed E-state index contributed by atoms with van der Waals surface area (Å²) >= 11 is 0. The first-order valence-corrected chi connectivity index (χ1v) is 20.3. The molecule has 1 saturated heterocycles. The molecule has 0 bridgehead atoms. The van der Waals surface area contributed by atoms with Crippen molar-refractivity contribution in [2.45, 2.75) is 115 Å². The molecule has 3 aromatic rings. The van der Waals surface area contributed by atoms with Crippen molar-refractivity contribution in [1.29, 1.82) is 0 Å². The number of nitrogens with one attached hydrogen (secondary N) is 1. The van der Waals surface area contributed by atoms with Gasteiger partial charge < -0.3 is 9.64 Å². The summed E-state index contributed by atoms with van der Waals surface area (Å²) in [6.07, 6.45) is 9.09. The number of ether oxygens (including phenoxy) is 1.